The third-order valence-corrected chi connectivity index (χ3v) is 6.18. The second kappa shape index (κ2) is 7.83. The summed E-state index contributed by atoms with van der Waals surface area (Å²) in [5.74, 6) is -1.41. The van der Waals surface area contributed by atoms with E-state index in [4.69, 9.17) is 4.74 Å². The van der Waals surface area contributed by atoms with Crippen LogP contribution in [0.3, 0.4) is 0 Å². The van der Waals surface area contributed by atoms with Crippen molar-refractivity contribution < 1.29 is 27.9 Å². The van der Waals surface area contributed by atoms with Crippen LogP contribution in [-0.2, 0) is 14.8 Å². The molecule has 1 saturated heterocycles. The smallest absolute Gasteiger partial charge is 0.337 e. The number of rotatable bonds is 6. The minimum atomic E-state index is -3.24. The van der Waals surface area contributed by atoms with Gasteiger partial charge in [0.1, 0.15) is 5.75 Å². The van der Waals surface area contributed by atoms with Gasteiger partial charge in [0.2, 0.25) is 15.9 Å². The van der Waals surface area contributed by atoms with E-state index in [9.17, 15) is 23.1 Å². The number of ether oxygens (including phenoxy) is 1. The van der Waals surface area contributed by atoms with Gasteiger partial charge in [0.15, 0.2) is 0 Å². The lowest BCUT2D eigenvalue weighted by Crippen LogP contribution is -2.42. The van der Waals surface area contributed by atoms with E-state index in [2.05, 4.69) is 5.32 Å². The fourth-order valence-electron chi connectivity index (χ4n) is 2.75. The fourth-order valence-corrected chi connectivity index (χ4v) is 3.88. The molecule has 1 aliphatic rings. The molecule has 1 aromatic carbocycles. The van der Waals surface area contributed by atoms with Gasteiger partial charge in [-0.25, -0.2) is 17.5 Å². The van der Waals surface area contributed by atoms with Gasteiger partial charge in [-0.15, -0.1) is 0 Å². The number of amides is 1. The quantitative estimate of drug-likeness (QED) is 0.782. The lowest BCUT2D eigenvalue weighted by Gasteiger charge is -2.30. The number of aromatic carboxylic acids is 1. The van der Waals surface area contributed by atoms with Crippen LogP contribution in [0.5, 0.6) is 5.75 Å². The van der Waals surface area contributed by atoms with Crippen LogP contribution in [0.15, 0.2) is 18.2 Å². The van der Waals surface area contributed by atoms with E-state index in [1.807, 2.05) is 0 Å². The summed E-state index contributed by atoms with van der Waals surface area (Å²) in [4.78, 5) is 23.8. The van der Waals surface area contributed by atoms with Crippen molar-refractivity contribution in [2.75, 3.05) is 31.3 Å². The van der Waals surface area contributed by atoms with Crippen molar-refractivity contribution in [1.29, 1.82) is 0 Å². The third-order valence-electron chi connectivity index (χ3n) is 4.30. The predicted octanol–water partition coefficient (Wildman–Crippen LogP) is 1.39. The van der Waals surface area contributed by atoms with E-state index in [-0.39, 0.29) is 28.8 Å². The fraction of sp³-hybridized carbons (Fsp3) is 0.500. The van der Waals surface area contributed by atoms with Crippen LogP contribution in [0.1, 0.15) is 30.1 Å². The molecule has 0 bridgehead atoms. The van der Waals surface area contributed by atoms with Crippen LogP contribution >= 0.6 is 0 Å². The Bertz CT molecular complexity index is 754. The van der Waals surface area contributed by atoms with Crippen LogP contribution in [0, 0.1) is 5.92 Å². The number of methoxy groups -OCH3 is 1. The molecule has 0 unspecified atom stereocenters. The van der Waals surface area contributed by atoms with E-state index in [1.54, 1.807) is 13.0 Å². The van der Waals surface area contributed by atoms with Crippen LogP contribution in [0.4, 0.5) is 5.69 Å². The first kappa shape index (κ1) is 19.2. The number of carbonyl (C=O) groups is 2. The van der Waals surface area contributed by atoms with E-state index in [1.165, 1.54) is 23.5 Å². The number of hydrogen-bond donors (Lipinski definition) is 2. The van der Waals surface area contributed by atoms with Crippen molar-refractivity contribution in [1.82, 2.24) is 4.31 Å². The van der Waals surface area contributed by atoms with Crippen LogP contribution in [0.2, 0.25) is 0 Å². The van der Waals surface area contributed by atoms with Gasteiger partial charge in [0.05, 0.1) is 24.1 Å². The zero-order valence-electron chi connectivity index (χ0n) is 14.2. The molecule has 1 fully saturated rings. The number of carboxylic acid groups (broad SMARTS) is 1. The molecule has 1 aromatic rings. The van der Waals surface area contributed by atoms with Gasteiger partial charge in [0, 0.05) is 19.0 Å². The number of nitrogens with one attached hydrogen (secondary N) is 1. The largest absolute Gasteiger partial charge is 0.497 e. The summed E-state index contributed by atoms with van der Waals surface area (Å²) in [5.41, 5.74) is 0.139. The highest BCUT2D eigenvalue weighted by Crippen LogP contribution is 2.25. The Morgan fingerprint density at radius 1 is 1.32 bits per heavy atom. The van der Waals surface area contributed by atoms with Gasteiger partial charge in [0.25, 0.3) is 0 Å². The molecule has 2 rings (SSSR count). The molecule has 9 heteroatoms. The number of anilines is 1. The number of sulfonamides is 1. The zero-order valence-corrected chi connectivity index (χ0v) is 15.0. The Kier molecular flexibility index (Phi) is 6.02. The van der Waals surface area contributed by atoms with Crippen molar-refractivity contribution in [2.45, 2.75) is 19.8 Å². The van der Waals surface area contributed by atoms with E-state index in [0.717, 1.165) is 0 Å². The van der Waals surface area contributed by atoms with Crippen LogP contribution in [-0.4, -0.2) is 55.7 Å². The molecule has 8 nitrogen and oxygen atoms in total. The summed E-state index contributed by atoms with van der Waals surface area (Å²) < 4.78 is 30.1. The number of benzene rings is 1. The molecule has 0 spiro atoms. The van der Waals surface area contributed by atoms with Crippen molar-refractivity contribution in [3.63, 3.8) is 0 Å². The first-order valence-corrected chi connectivity index (χ1v) is 9.59. The standard InChI is InChI=1S/C16H22N2O6S/c1-3-25(22,23)18-8-6-11(7-9-18)15(19)17-14-5-4-12(24-2)10-13(14)16(20)21/h4-5,10-11H,3,6-9H2,1-2H3,(H,17,19)(H,20,21). The highest BCUT2D eigenvalue weighted by Gasteiger charge is 2.30. The Balaban J connectivity index is 2.05. The SMILES string of the molecule is CCS(=O)(=O)N1CCC(C(=O)Nc2ccc(OC)cc2C(=O)O)CC1. The van der Waals surface area contributed by atoms with Gasteiger partial charge in [-0.1, -0.05) is 0 Å². The Hall–Kier alpha value is -2.13. The first-order valence-electron chi connectivity index (χ1n) is 7.98. The topological polar surface area (TPSA) is 113 Å². The summed E-state index contributed by atoms with van der Waals surface area (Å²) in [5, 5.41) is 11.9. The summed E-state index contributed by atoms with van der Waals surface area (Å²) in [6.07, 6.45) is 0.813. The molecule has 0 aliphatic carbocycles. The van der Waals surface area contributed by atoms with Crippen molar-refractivity contribution >= 4 is 27.6 Å². The molecule has 1 aliphatic heterocycles. The van der Waals surface area contributed by atoms with Gasteiger partial charge < -0.3 is 15.2 Å². The van der Waals surface area contributed by atoms with Gasteiger partial charge in [-0.2, -0.15) is 0 Å². The molecule has 2 N–H and O–H groups in total. The van der Waals surface area contributed by atoms with Gasteiger partial charge >= 0.3 is 5.97 Å². The number of piperidine rings is 1. The minimum Gasteiger partial charge on any atom is -0.497 e. The monoisotopic (exact) mass is 370 g/mol. The third kappa shape index (κ3) is 4.49. The predicted molar refractivity (Wildman–Crippen MR) is 92.3 cm³/mol. The average molecular weight is 370 g/mol. The molecular weight excluding hydrogens is 348 g/mol. The Labute approximate surface area is 146 Å². The van der Waals surface area contributed by atoms with Gasteiger partial charge in [-0.05, 0) is 38.0 Å². The number of nitrogens with zero attached hydrogens (tertiary/aromatic N) is 1. The maximum Gasteiger partial charge on any atom is 0.337 e. The molecule has 0 aromatic heterocycles. The Morgan fingerprint density at radius 2 is 1.96 bits per heavy atom. The number of hydrogen-bond acceptors (Lipinski definition) is 5. The van der Waals surface area contributed by atoms with Crippen molar-refractivity contribution in [3.05, 3.63) is 23.8 Å². The van der Waals surface area contributed by atoms with Crippen molar-refractivity contribution in [2.24, 2.45) is 5.92 Å². The first-order chi connectivity index (χ1) is 11.8. The van der Waals surface area contributed by atoms with E-state index < -0.39 is 16.0 Å². The summed E-state index contributed by atoms with van der Waals surface area (Å²) in [6.45, 7) is 2.18. The average Bonchev–Trinajstić information content (AvgIpc) is 2.61. The molecule has 25 heavy (non-hydrogen) atoms. The highest BCUT2D eigenvalue weighted by atomic mass is 32.2. The van der Waals surface area contributed by atoms with Crippen molar-refractivity contribution in [3.8, 4) is 5.75 Å². The maximum atomic E-state index is 12.4. The lowest BCUT2D eigenvalue weighted by atomic mass is 9.97. The molecule has 0 radical (unpaired) electrons. The summed E-state index contributed by atoms with van der Waals surface area (Å²) >= 11 is 0. The minimum absolute atomic E-state index is 0.0394. The number of carboxylic acids is 1. The highest BCUT2D eigenvalue weighted by molar-refractivity contribution is 7.89. The van der Waals surface area contributed by atoms with E-state index >= 15 is 0 Å². The molecule has 1 amide bonds. The summed E-state index contributed by atoms with van der Waals surface area (Å²) in [7, 11) is -1.82. The molecule has 0 atom stereocenters. The van der Waals surface area contributed by atoms with Crippen LogP contribution in [0.25, 0.3) is 0 Å². The second-order valence-electron chi connectivity index (χ2n) is 5.78. The second-order valence-corrected chi connectivity index (χ2v) is 8.04. The van der Waals surface area contributed by atoms with Crippen LogP contribution < -0.4 is 10.1 Å². The number of carbonyl (C=O) groups excluding carboxylic acids is 1. The summed E-state index contributed by atoms with van der Waals surface area (Å²) in [6, 6.07) is 4.39. The maximum absolute atomic E-state index is 12.4. The van der Waals surface area contributed by atoms with Gasteiger partial charge in [-0.3, -0.25) is 4.79 Å². The lowest BCUT2D eigenvalue weighted by molar-refractivity contribution is -0.120. The Morgan fingerprint density at radius 3 is 2.48 bits per heavy atom. The molecule has 138 valence electrons. The zero-order chi connectivity index (χ0) is 18.6. The molecule has 1 heterocycles. The molecular formula is C16H22N2O6S. The van der Waals surface area contributed by atoms with E-state index in [0.29, 0.717) is 31.7 Å². The molecule has 0 saturated carbocycles. The normalized spacial score (nSPS) is 16.4.